The van der Waals surface area contributed by atoms with Gasteiger partial charge in [0.25, 0.3) is 0 Å². The van der Waals surface area contributed by atoms with Crippen molar-refractivity contribution in [3.63, 3.8) is 0 Å². The first kappa shape index (κ1) is 19.8. The highest BCUT2D eigenvalue weighted by Crippen LogP contribution is 2.20. The standard InChI is InChI=1S/C19H29N5O2/c1-16-5-6-17(18(13-16)26-12-11-25-3)14-23-19(20-2)22-7-4-9-24-10-8-21-15-24/h5-6,8,10,13,15H,4,7,9,11-12,14H2,1-3H3,(H2,20,22,23). The Hall–Kier alpha value is -2.54. The number of guanidine groups is 1. The molecule has 0 bridgehead atoms. The average Bonchev–Trinajstić information content (AvgIpc) is 3.16. The normalized spacial score (nSPS) is 11.4. The number of hydrogen-bond donors (Lipinski definition) is 2. The Labute approximate surface area is 155 Å². The number of aliphatic imine (C=N–C) groups is 1. The van der Waals surface area contributed by atoms with Crippen LogP contribution in [-0.4, -0.2) is 49.4 Å². The van der Waals surface area contributed by atoms with Gasteiger partial charge in [0, 0.05) is 51.7 Å². The SMILES string of the molecule is CN=C(NCCCn1ccnc1)NCc1ccc(C)cc1OCCOC. The molecule has 0 radical (unpaired) electrons. The molecule has 1 heterocycles. The monoisotopic (exact) mass is 359 g/mol. The molecule has 0 aliphatic rings. The maximum atomic E-state index is 5.83. The van der Waals surface area contributed by atoms with E-state index in [4.69, 9.17) is 9.47 Å². The van der Waals surface area contributed by atoms with Crippen LogP contribution in [0.3, 0.4) is 0 Å². The number of ether oxygens (including phenoxy) is 2. The quantitative estimate of drug-likeness (QED) is 0.385. The van der Waals surface area contributed by atoms with E-state index >= 15 is 0 Å². The molecule has 2 rings (SSSR count). The van der Waals surface area contributed by atoms with Crippen molar-refractivity contribution in [3.05, 3.63) is 48.0 Å². The molecule has 142 valence electrons. The van der Waals surface area contributed by atoms with Crippen LogP contribution >= 0.6 is 0 Å². The van der Waals surface area contributed by atoms with Gasteiger partial charge in [-0.15, -0.1) is 0 Å². The lowest BCUT2D eigenvalue weighted by atomic mass is 10.1. The van der Waals surface area contributed by atoms with Gasteiger partial charge in [-0.2, -0.15) is 0 Å². The van der Waals surface area contributed by atoms with E-state index < -0.39 is 0 Å². The van der Waals surface area contributed by atoms with Crippen molar-refractivity contribution < 1.29 is 9.47 Å². The molecule has 2 N–H and O–H groups in total. The molecule has 0 fully saturated rings. The lowest BCUT2D eigenvalue weighted by Gasteiger charge is -2.15. The Morgan fingerprint density at radius 3 is 2.88 bits per heavy atom. The third-order valence-electron chi connectivity index (χ3n) is 3.88. The number of aryl methyl sites for hydroxylation is 2. The molecule has 1 aromatic carbocycles. The lowest BCUT2D eigenvalue weighted by Crippen LogP contribution is -2.37. The maximum absolute atomic E-state index is 5.83. The largest absolute Gasteiger partial charge is 0.491 e. The molecule has 0 saturated heterocycles. The van der Waals surface area contributed by atoms with Crippen LogP contribution in [0.4, 0.5) is 0 Å². The third-order valence-corrected chi connectivity index (χ3v) is 3.88. The van der Waals surface area contributed by atoms with E-state index in [2.05, 4.69) is 44.2 Å². The van der Waals surface area contributed by atoms with Crippen LogP contribution < -0.4 is 15.4 Å². The summed E-state index contributed by atoms with van der Waals surface area (Å²) in [6.07, 6.45) is 6.58. The van der Waals surface area contributed by atoms with Crippen molar-refractivity contribution in [3.8, 4) is 5.75 Å². The van der Waals surface area contributed by atoms with E-state index in [1.165, 1.54) is 5.56 Å². The lowest BCUT2D eigenvalue weighted by molar-refractivity contribution is 0.145. The Kier molecular flexibility index (Phi) is 8.48. The summed E-state index contributed by atoms with van der Waals surface area (Å²) in [6, 6.07) is 6.21. The molecule has 2 aromatic rings. The van der Waals surface area contributed by atoms with E-state index in [1.54, 1.807) is 20.4 Å². The summed E-state index contributed by atoms with van der Waals surface area (Å²) in [7, 11) is 3.45. The van der Waals surface area contributed by atoms with Crippen molar-refractivity contribution in [2.75, 3.05) is 33.9 Å². The topological polar surface area (TPSA) is 72.7 Å². The van der Waals surface area contributed by atoms with Crippen LogP contribution in [0.25, 0.3) is 0 Å². The minimum atomic E-state index is 0.536. The van der Waals surface area contributed by atoms with Crippen molar-refractivity contribution in [1.29, 1.82) is 0 Å². The minimum absolute atomic E-state index is 0.536. The number of nitrogens with zero attached hydrogens (tertiary/aromatic N) is 3. The fraction of sp³-hybridized carbons (Fsp3) is 0.474. The zero-order valence-electron chi connectivity index (χ0n) is 15.9. The summed E-state index contributed by atoms with van der Waals surface area (Å²) in [5.41, 5.74) is 2.26. The summed E-state index contributed by atoms with van der Waals surface area (Å²) in [6.45, 7) is 5.57. The van der Waals surface area contributed by atoms with Gasteiger partial charge in [0.05, 0.1) is 12.9 Å². The molecule has 0 aliphatic carbocycles. The number of imidazole rings is 1. The van der Waals surface area contributed by atoms with Gasteiger partial charge < -0.3 is 24.7 Å². The van der Waals surface area contributed by atoms with Crippen LogP contribution in [0.5, 0.6) is 5.75 Å². The van der Waals surface area contributed by atoms with Crippen LogP contribution in [0.1, 0.15) is 17.5 Å². The number of hydrogen-bond acceptors (Lipinski definition) is 4. The van der Waals surface area contributed by atoms with Gasteiger partial charge in [-0.05, 0) is 25.0 Å². The maximum Gasteiger partial charge on any atom is 0.191 e. The zero-order valence-corrected chi connectivity index (χ0v) is 15.9. The Morgan fingerprint density at radius 1 is 1.27 bits per heavy atom. The fourth-order valence-electron chi connectivity index (χ4n) is 2.46. The highest BCUT2D eigenvalue weighted by atomic mass is 16.5. The third kappa shape index (κ3) is 6.76. The molecule has 26 heavy (non-hydrogen) atoms. The van der Waals surface area contributed by atoms with Crippen LogP contribution in [0.2, 0.25) is 0 Å². The number of aromatic nitrogens is 2. The summed E-state index contributed by atoms with van der Waals surface area (Å²) in [5.74, 6) is 1.66. The number of benzene rings is 1. The molecule has 0 saturated carbocycles. The predicted molar refractivity (Wildman–Crippen MR) is 104 cm³/mol. The molecule has 1 aromatic heterocycles. The molecule has 7 nitrogen and oxygen atoms in total. The number of rotatable bonds is 10. The molecular formula is C19H29N5O2. The minimum Gasteiger partial charge on any atom is -0.491 e. The second kappa shape index (κ2) is 11.1. The number of methoxy groups -OCH3 is 1. The highest BCUT2D eigenvalue weighted by molar-refractivity contribution is 5.79. The van der Waals surface area contributed by atoms with Crippen molar-refractivity contribution in [1.82, 2.24) is 20.2 Å². The second-order valence-corrected chi connectivity index (χ2v) is 5.96. The van der Waals surface area contributed by atoms with Gasteiger partial charge in [0.15, 0.2) is 5.96 Å². The smallest absolute Gasteiger partial charge is 0.191 e. The van der Waals surface area contributed by atoms with Gasteiger partial charge in [0.1, 0.15) is 12.4 Å². The molecule has 0 amide bonds. The van der Waals surface area contributed by atoms with Gasteiger partial charge in [-0.25, -0.2) is 4.98 Å². The van der Waals surface area contributed by atoms with Gasteiger partial charge in [-0.1, -0.05) is 12.1 Å². The molecule has 7 heteroatoms. The Bertz CT molecular complexity index is 671. The molecular weight excluding hydrogens is 330 g/mol. The average molecular weight is 359 g/mol. The van der Waals surface area contributed by atoms with Crippen molar-refractivity contribution in [2.24, 2.45) is 4.99 Å². The first-order valence-corrected chi connectivity index (χ1v) is 8.84. The first-order chi connectivity index (χ1) is 12.7. The first-order valence-electron chi connectivity index (χ1n) is 8.84. The van der Waals surface area contributed by atoms with Crippen LogP contribution in [0, 0.1) is 6.92 Å². The molecule has 0 atom stereocenters. The predicted octanol–water partition coefficient (Wildman–Crippen LogP) is 1.97. The highest BCUT2D eigenvalue weighted by Gasteiger charge is 2.06. The molecule has 0 spiro atoms. The molecule has 0 aliphatic heterocycles. The van der Waals surface area contributed by atoms with Crippen molar-refractivity contribution >= 4 is 5.96 Å². The van der Waals surface area contributed by atoms with Crippen LogP contribution in [-0.2, 0) is 17.8 Å². The summed E-state index contributed by atoms with van der Waals surface area (Å²) >= 11 is 0. The van der Waals surface area contributed by atoms with Crippen LogP contribution in [0.15, 0.2) is 41.9 Å². The Balaban J connectivity index is 1.79. The zero-order chi connectivity index (χ0) is 18.6. The van der Waals surface area contributed by atoms with Crippen molar-refractivity contribution in [2.45, 2.75) is 26.4 Å². The van der Waals surface area contributed by atoms with E-state index in [0.29, 0.717) is 19.8 Å². The van der Waals surface area contributed by atoms with E-state index in [0.717, 1.165) is 36.8 Å². The van der Waals surface area contributed by atoms with Gasteiger partial charge in [-0.3, -0.25) is 4.99 Å². The Morgan fingerprint density at radius 2 is 2.15 bits per heavy atom. The summed E-state index contributed by atoms with van der Waals surface area (Å²) in [5, 5.41) is 6.67. The fourth-order valence-corrected chi connectivity index (χ4v) is 2.46. The van der Waals surface area contributed by atoms with Gasteiger partial charge >= 0.3 is 0 Å². The van der Waals surface area contributed by atoms with E-state index in [-0.39, 0.29) is 0 Å². The van der Waals surface area contributed by atoms with E-state index in [1.807, 2.05) is 18.6 Å². The number of nitrogens with one attached hydrogen (secondary N) is 2. The van der Waals surface area contributed by atoms with Gasteiger partial charge in [0.2, 0.25) is 0 Å². The molecule has 0 unspecified atom stereocenters. The second-order valence-electron chi connectivity index (χ2n) is 5.96. The summed E-state index contributed by atoms with van der Waals surface area (Å²) < 4.78 is 12.9. The summed E-state index contributed by atoms with van der Waals surface area (Å²) in [4.78, 5) is 8.32. The van der Waals surface area contributed by atoms with E-state index in [9.17, 15) is 0 Å².